The fraction of sp³-hybridized carbons (Fsp3) is 0.235. The Kier molecular flexibility index (Phi) is 4.39. The topological polar surface area (TPSA) is 43.8 Å². The van der Waals surface area contributed by atoms with E-state index in [9.17, 15) is 14.3 Å². The van der Waals surface area contributed by atoms with Gasteiger partial charge in [-0.2, -0.15) is 0 Å². The molecule has 0 atom stereocenters. The molecule has 2 aromatic rings. The maximum absolute atomic E-state index is 13.0. The summed E-state index contributed by atoms with van der Waals surface area (Å²) < 4.78 is 13.0. The Hall–Kier alpha value is -2.27. The summed E-state index contributed by atoms with van der Waals surface area (Å²) >= 11 is 5.90. The second kappa shape index (κ2) is 6.46. The van der Waals surface area contributed by atoms with Gasteiger partial charge in [0.15, 0.2) is 0 Å². The van der Waals surface area contributed by atoms with Crippen molar-refractivity contribution in [2.75, 3.05) is 31.1 Å². The predicted molar refractivity (Wildman–Crippen MR) is 87.6 cm³/mol. The third kappa shape index (κ3) is 3.40. The van der Waals surface area contributed by atoms with Gasteiger partial charge in [-0.25, -0.2) is 4.39 Å². The molecule has 0 aliphatic carbocycles. The summed E-state index contributed by atoms with van der Waals surface area (Å²) in [6.07, 6.45) is 0. The summed E-state index contributed by atoms with van der Waals surface area (Å²) in [5, 5.41) is 10.3. The van der Waals surface area contributed by atoms with Crippen LogP contribution in [0.4, 0.5) is 10.1 Å². The van der Waals surface area contributed by atoms with Crippen LogP contribution in [-0.4, -0.2) is 42.1 Å². The standard InChI is InChI=1S/C17H16ClFN2O2/c18-12-1-6-16(22)15(11-12)17(23)21-9-7-20(8-10-21)14-4-2-13(19)3-5-14/h1-6,11,22H,7-10H2. The number of hydrogen-bond acceptors (Lipinski definition) is 3. The van der Waals surface area contributed by atoms with Crippen LogP contribution in [0.2, 0.25) is 5.02 Å². The van der Waals surface area contributed by atoms with Gasteiger partial charge in [0.1, 0.15) is 11.6 Å². The molecule has 0 aromatic heterocycles. The number of amides is 1. The largest absolute Gasteiger partial charge is 0.507 e. The minimum Gasteiger partial charge on any atom is -0.507 e. The van der Waals surface area contributed by atoms with Crippen molar-refractivity contribution in [1.82, 2.24) is 4.90 Å². The van der Waals surface area contributed by atoms with E-state index in [1.54, 1.807) is 23.1 Å². The van der Waals surface area contributed by atoms with E-state index in [0.29, 0.717) is 31.2 Å². The van der Waals surface area contributed by atoms with E-state index in [2.05, 4.69) is 4.90 Å². The Labute approximate surface area is 138 Å². The average molecular weight is 335 g/mol. The number of anilines is 1. The molecule has 1 fully saturated rings. The van der Waals surface area contributed by atoms with Crippen molar-refractivity contribution in [2.45, 2.75) is 0 Å². The number of piperazine rings is 1. The lowest BCUT2D eigenvalue weighted by molar-refractivity contribution is 0.0744. The number of rotatable bonds is 2. The van der Waals surface area contributed by atoms with Crippen LogP contribution in [0.3, 0.4) is 0 Å². The van der Waals surface area contributed by atoms with Crippen LogP contribution >= 0.6 is 11.6 Å². The molecule has 0 spiro atoms. The van der Waals surface area contributed by atoms with Crippen molar-refractivity contribution in [3.8, 4) is 5.75 Å². The second-order valence-electron chi connectivity index (χ2n) is 5.42. The number of nitrogens with zero attached hydrogens (tertiary/aromatic N) is 2. The zero-order valence-electron chi connectivity index (χ0n) is 12.4. The van der Waals surface area contributed by atoms with Gasteiger partial charge in [-0.15, -0.1) is 0 Å². The van der Waals surface area contributed by atoms with Gasteiger partial charge in [0.2, 0.25) is 0 Å². The smallest absolute Gasteiger partial charge is 0.257 e. The molecule has 6 heteroatoms. The van der Waals surface area contributed by atoms with Crippen molar-refractivity contribution in [3.05, 3.63) is 58.9 Å². The number of carbonyl (C=O) groups is 1. The van der Waals surface area contributed by atoms with Gasteiger partial charge in [0, 0.05) is 36.9 Å². The number of benzene rings is 2. The van der Waals surface area contributed by atoms with E-state index < -0.39 is 0 Å². The number of halogens is 2. The van der Waals surface area contributed by atoms with Crippen LogP contribution in [0.5, 0.6) is 5.75 Å². The van der Waals surface area contributed by atoms with Gasteiger partial charge in [-0.05, 0) is 42.5 Å². The summed E-state index contributed by atoms with van der Waals surface area (Å²) in [6, 6.07) is 10.8. The molecule has 0 unspecified atom stereocenters. The third-order valence-corrected chi connectivity index (χ3v) is 4.18. The highest BCUT2D eigenvalue weighted by molar-refractivity contribution is 6.31. The van der Waals surface area contributed by atoms with E-state index in [1.807, 2.05) is 0 Å². The molecule has 1 aliphatic heterocycles. The molecule has 1 aliphatic rings. The van der Waals surface area contributed by atoms with Crippen LogP contribution in [0.1, 0.15) is 10.4 Å². The zero-order chi connectivity index (χ0) is 16.4. The zero-order valence-corrected chi connectivity index (χ0v) is 13.1. The van der Waals surface area contributed by atoms with Gasteiger partial charge in [-0.3, -0.25) is 4.79 Å². The Bertz CT molecular complexity index is 713. The van der Waals surface area contributed by atoms with Gasteiger partial charge in [-0.1, -0.05) is 11.6 Å². The van der Waals surface area contributed by atoms with E-state index in [4.69, 9.17) is 11.6 Å². The predicted octanol–water partition coefficient (Wildman–Crippen LogP) is 3.15. The summed E-state index contributed by atoms with van der Waals surface area (Å²) in [5.41, 5.74) is 1.15. The lowest BCUT2D eigenvalue weighted by Crippen LogP contribution is -2.48. The molecule has 0 saturated carbocycles. The molecular weight excluding hydrogens is 319 g/mol. The van der Waals surface area contributed by atoms with E-state index in [0.717, 1.165) is 5.69 Å². The fourth-order valence-corrected chi connectivity index (χ4v) is 2.84. The molecule has 1 N–H and O–H groups in total. The van der Waals surface area contributed by atoms with Crippen LogP contribution < -0.4 is 4.90 Å². The van der Waals surface area contributed by atoms with Crippen molar-refractivity contribution in [3.63, 3.8) is 0 Å². The molecule has 1 amide bonds. The van der Waals surface area contributed by atoms with Crippen LogP contribution in [-0.2, 0) is 0 Å². The van der Waals surface area contributed by atoms with Crippen molar-refractivity contribution >= 4 is 23.2 Å². The van der Waals surface area contributed by atoms with Gasteiger partial charge < -0.3 is 14.9 Å². The van der Waals surface area contributed by atoms with E-state index >= 15 is 0 Å². The highest BCUT2D eigenvalue weighted by Crippen LogP contribution is 2.24. The van der Waals surface area contributed by atoms with Crippen molar-refractivity contribution < 1.29 is 14.3 Å². The second-order valence-corrected chi connectivity index (χ2v) is 5.85. The van der Waals surface area contributed by atoms with Crippen molar-refractivity contribution in [2.24, 2.45) is 0 Å². The maximum Gasteiger partial charge on any atom is 0.257 e. The average Bonchev–Trinajstić information content (AvgIpc) is 2.57. The molecule has 23 heavy (non-hydrogen) atoms. The molecule has 0 bridgehead atoms. The Morgan fingerprint density at radius 3 is 2.35 bits per heavy atom. The summed E-state index contributed by atoms with van der Waals surface area (Å²) in [4.78, 5) is 16.3. The van der Waals surface area contributed by atoms with E-state index in [1.165, 1.54) is 24.3 Å². The molecule has 1 saturated heterocycles. The maximum atomic E-state index is 13.0. The fourth-order valence-electron chi connectivity index (χ4n) is 2.67. The van der Waals surface area contributed by atoms with Gasteiger partial charge >= 0.3 is 0 Å². The van der Waals surface area contributed by atoms with Gasteiger partial charge in [0.05, 0.1) is 5.56 Å². The third-order valence-electron chi connectivity index (χ3n) is 3.95. The SMILES string of the molecule is O=C(c1cc(Cl)ccc1O)N1CCN(c2ccc(F)cc2)CC1. The Morgan fingerprint density at radius 2 is 1.70 bits per heavy atom. The lowest BCUT2D eigenvalue weighted by atomic mass is 10.1. The Balaban J connectivity index is 1.67. The minimum absolute atomic E-state index is 0.0691. The quantitative estimate of drug-likeness (QED) is 0.917. The molecule has 4 nitrogen and oxygen atoms in total. The molecule has 1 heterocycles. The molecule has 3 rings (SSSR count). The molecule has 2 aromatic carbocycles. The van der Waals surface area contributed by atoms with Crippen molar-refractivity contribution in [1.29, 1.82) is 0 Å². The highest BCUT2D eigenvalue weighted by Gasteiger charge is 2.24. The molecular formula is C17H16ClFN2O2. The number of hydrogen-bond donors (Lipinski definition) is 1. The first-order chi connectivity index (χ1) is 11.0. The van der Waals surface area contributed by atoms with E-state index in [-0.39, 0.29) is 23.0 Å². The first-order valence-corrected chi connectivity index (χ1v) is 7.71. The van der Waals surface area contributed by atoms with Gasteiger partial charge in [0.25, 0.3) is 5.91 Å². The number of carbonyl (C=O) groups excluding carboxylic acids is 1. The highest BCUT2D eigenvalue weighted by atomic mass is 35.5. The minimum atomic E-state index is -0.265. The summed E-state index contributed by atoms with van der Waals surface area (Å²) in [6.45, 7) is 2.36. The normalized spacial score (nSPS) is 14.9. The van der Waals surface area contributed by atoms with Crippen LogP contribution in [0.25, 0.3) is 0 Å². The monoisotopic (exact) mass is 334 g/mol. The number of phenolic OH excluding ortho intramolecular Hbond substituents is 1. The first-order valence-electron chi connectivity index (χ1n) is 7.33. The number of aromatic hydroxyl groups is 1. The summed E-state index contributed by atoms with van der Waals surface area (Å²) in [5.74, 6) is -0.567. The Morgan fingerprint density at radius 1 is 1.04 bits per heavy atom. The molecule has 0 radical (unpaired) electrons. The lowest BCUT2D eigenvalue weighted by Gasteiger charge is -2.36. The summed E-state index contributed by atoms with van der Waals surface area (Å²) in [7, 11) is 0. The number of phenols is 1. The molecule has 120 valence electrons. The van der Waals surface area contributed by atoms with Crippen LogP contribution in [0.15, 0.2) is 42.5 Å². The van der Waals surface area contributed by atoms with Crippen LogP contribution in [0, 0.1) is 5.82 Å². The first kappa shape index (κ1) is 15.6.